The van der Waals surface area contributed by atoms with Gasteiger partial charge in [-0.25, -0.2) is 4.79 Å². The smallest absolute Gasteiger partial charge is 0.417 e. The molecule has 0 atom stereocenters. The molecule has 2 N–H and O–H groups in total. The van der Waals surface area contributed by atoms with E-state index in [2.05, 4.69) is 0 Å². The molecule has 1 aromatic carbocycles. The van der Waals surface area contributed by atoms with Gasteiger partial charge in [0.2, 0.25) is 0 Å². The van der Waals surface area contributed by atoms with Gasteiger partial charge >= 0.3 is 12.1 Å². The van der Waals surface area contributed by atoms with E-state index in [0.29, 0.717) is 6.07 Å². The number of carboxylic acid groups (broad SMARTS) is 1. The summed E-state index contributed by atoms with van der Waals surface area (Å²) in [7, 11) is 0. The minimum absolute atomic E-state index is 0.248. The van der Waals surface area contributed by atoms with Crippen LogP contribution in [-0.2, 0) is 6.18 Å². The molecule has 15 heavy (non-hydrogen) atoms. The zero-order valence-electron chi connectivity index (χ0n) is 6.97. The van der Waals surface area contributed by atoms with E-state index in [0.717, 1.165) is 6.07 Å². The molecular weight excluding hydrogens is 328 g/mol. The van der Waals surface area contributed by atoms with E-state index in [-0.39, 0.29) is 3.57 Å². The first-order chi connectivity index (χ1) is 6.73. The summed E-state index contributed by atoms with van der Waals surface area (Å²) in [6.07, 6.45) is -4.63. The summed E-state index contributed by atoms with van der Waals surface area (Å²) in [5.74, 6) is -2.28. The lowest BCUT2D eigenvalue weighted by Crippen LogP contribution is -2.10. The lowest BCUT2D eigenvalue weighted by molar-refractivity contribution is -0.138. The van der Waals surface area contributed by atoms with Crippen molar-refractivity contribution in [2.45, 2.75) is 6.18 Å². The summed E-state index contributed by atoms with van der Waals surface area (Å²) < 4.78 is 36.8. The number of carboxylic acids is 1. The number of hydrogen-bond donors (Lipinski definition) is 2. The molecule has 3 nitrogen and oxygen atoms in total. The van der Waals surface area contributed by atoms with Crippen molar-refractivity contribution >= 4 is 28.6 Å². The number of aromatic carboxylic acids is 1. The third kappa shape index (κ3) is 2.52. The van der Waals surface area contributed by atoms with Crippen molar-refractivity contribution < 1.29 is 28.2 Å². The zero-order chi connectivity index (χ0) is 11.8. The molecule has 0 fully saturated rings. The Morgan fingerprint density at radius 3 is 2.27 bits per heavy atom. The Balaban J connectivity index is 3.43. The quantitative estimate of drug-likeness (QED) is 0.778. The highest BCUT2D eigenvalue weighted by atomic mass is 127. The molecule has 0 aliphatic rings. The maximum atomic E-state index is 12.3. The molecule has 0 bridgehead atoms. The van der Waals surface area contributed by atoms with Gasteiger partial charge in [0.05, 0.1) is 5.56 Å². The van der Waals surface area contributed by atoms with Crippen LogP contribution >= 0.6 is 22.6 Å². The fraction of sp³-hybridized carbons (Fsp3) is 0.125. The Hall–Kier alpha value is -0.990. The summed E-state index contributed by atoms with van der Waals surface area (Å²) >= 11 is 1.38. The Bertz CT molecular complexity index is 414. The van der Waals surface area contributed by atoms with Crippen molar-refractivity contribution in [3.8, 4) is 5.75 Å². The SMILES string of the molecule is O=C(O)c1cc(C(F)(F)F)c(I)cc1O. The average Bonchev–Trinajstić information content (AvgIpc) is 2.00. The van der Waals surface area contributed by atoms with Crippen LogP contribution < -0.4 is 0 Å². The minimum Gasteiger partial charge on any atom is -0.507 e. The van der Waals surface area contributed by atoms with Crippen LogP contribution in [0.1, 0.15) is 15.9 Å². The first-order valence-electron chi connectivity index (χ1n) is 3.56. The fourth-order valence-electron chi connectivity index (χ4n) is 0.951. The van der Waals surface area contributed by atoms with Crippen molar-refractivity contribution in [3.63, 3.8) is 0 Å². The molecule has 0 spiro atoms. The van der Waals surface area contributed by atoms with Gasteiger partial charge in [0, 0.05) is 3.57 Å². The zero-order valence-corrected chi connectivity index (χ0v) is 9.13. The van der Waals surface area contributed by atoms with E-state index in [4.69, 9.17) is 10.2 Å². The van der Waals surface area contributed by atoms with E-state index >= 15 is 0 Å². The fourth-order valence-corrected chi connectivity index (χ4v) is 1.71. The molecule has 1 aromatic rings. The van der Waals surface area contributed by atoms with Crippen LogP contribution in [-0.4, -0.2) is 16.2 Å². The summed E-state index contributed by atoms with van der Waals surface area (Å²) in [5, 5.41) is 17.6. The maximum absolute atomic E-state index is 12.3. The molecule has 0 amide bonds. The predicted molar refractivity (Wildman–Crippen MR) is 52.8 cm³/mol. The molecule has 1 rings (SSSR count). The maximum Gasteiger partial charge on any atom is 0.417 e. The van der Waals surface area contributed by atoms with Gasteiger partial charge in [-0.2, -0.15) is 13.2 Å². The lowest BCUT2D eigenvalue weighted by Gasteiger charge is -2.10. The van der Waals surface area contributed by atoms with Gasteiger partial charge in [-0.1, -0.05) is 0 Å². The first kappa shape index (κ1) is 12.1. The Morgan fingerprint density at radius 1 is 1.33 bits per heavy atom. The largest absolute Gasteiger partial charge is 0.507 e. The van der Waals surface area contributed by atoms with E-state index in [9.17, 15) is 18.0 Å². The van der Waals surface area contributed by atoms with Crippen molar-refractivity contribution in [3.05, 3.63) is 26.8 Å². The number of hydrogen-bond acceptors (Lipinski definition) is 2. The average molecular weight is 332 g/mol. The molecular formula is C8H4F3IO3. The molecule has 7 heteroatoms. The van der Waals surface area contributed by atoms with Gasteiger partial charge in [0.1, 0.15) is 11.3 Å². The highest BCUT2D eigenvalue weighted by Gasteiger charge is 2.34. The van der Waals surface area contributed by atoms with Crippen LogP contribution in [0.5, 0.6) is 5.75 Å². The Labute approximate surface area is 95.7 Å². The summed E-state index contributed by atoms with van der Waals surface area (Å²) in [6.45, 7) is 0. The van der Waals surface area contributed by atoms with Gasteiger partial charge in [0.25, 0.3) is 0 Å². The minimum atomic E-state index is -4.63. The van der Waals surface area contributed by atoms with E-state index in [1.807, 2.05) is 0 Å². The van der Waals surface area contributed by atoms with Crippen LogP contribution in [0.3, 0.4) is 0 Å². The monoisotopic (exact) mass is 332 g/mol. The molecule has 0 radical (unpaired) electrons. The predicted octanol–water partition coefficient (Wildman–Crippen LogP) is 2.71. The molecule has 0 aromatic heterocycles. The second-order valence-corrected chi connectivity index (χ2v) is 3.81. The number of phenols is 1. The molecule has 0 aliphatic heterocycles. The number of aromatic hydroxyl groups is 1. The summed E-state index contributed by atoms with van der Waals surface area (Å²) in [6, 6.07) is 1.19. The topological polar surface area (TPSA) is 57.5 Å². The highest BCUT2D eigenvalue weighted by molar-refractivity contribution is 14.1. The Kier molecular flexibility index (Phi) is 3.12. The molecule has 82 valence electrons. The number of rotatable bonds is 1. The normalized spacial score (nSPS) is 11.5. The van der Waals surface area contributed by atoms with Crippen molar-refractivity contribution in [1.29, 1.82) is 0 Å². The summed E-state index contributed by atoms with van der Waals surface area (Å²) in [4.78, 5) is 10.5. The van der Waals surface area contributed by atoms with Gasteiger partial charge in [-0.3, -0.25) is 0 Å². The van der Waals surface area contributed by atoms with E-state index in [1.165, 1.54) is 22.6 Å². The molecule has 0 heterocycles. The second kappa shape index (κ2) is 3.87. The molecule has 0 saturated heterocycles. The van der Waals surface area contributed by atoms with E-state index < -0.39 is 29.0 Å². The van der Waals surface area contributed by atoms with Gasteiger partial charge in [0.15, 0.2) is 0 Å². The van der Waals surface area contributed by atoms with Crippen LogP contribution in [0.2, 0.25) is 0 Å². The molecule has 0 aliphatic carbocycles. The van der Waals surface area contributed by atoms with Crippen LogP contribution in [0.15, 0.2) is 12.1 Å². The second-order valence-electron chi connectivity index (χ2n) is 2.65. The van der Waals surface area contributed by atoms with Crippen LogP contribution in [0.25, 0.3) is 0 Å². The van der Waals surface area contributed by atoms with Crippen molar-refractivity contribution in [2.75, 3.05) is 0 Å². The van der Waals surface area contributed by atoms with E-state index in [1.54, 1.807) is 0 Å². The van der Waals surface area contributed by atoms with Crippen LogP contribution in [0.4, 0.5) is 13.2 Å². The highest BCUT2D eigenvalue weighted by Crippen LogP contribution is 2.36. The van der Waals surface area contributed by atoms with Gasteiger partial charge in [-0.15, -0.1) is 0 Å². The van der Waals surface area contributed by atoms with Gasteiger partial charge in [-0.05, 0) is 34.7 Å². The number of alkyl halides is 3. The van der Waals surface area contributed by atoms with Crippen LogP contribution in [0, 0.1) is 3.57 Å². The lowest BCUT2D eigenvalue weighted by atomic mass is 10.1. The standard InChI is InChI=1S/C8H4F3IO3/c9-8(10,11)4-1-3(7(14)15)6(13)2-5(4)12/h1-2,13H,(H,14,15). The molecule has 0 saturated carbocycles. The first-order valence-corrected chi connectivity index (χ1v) is 4.64. The van der Waals surface area contributed by atoms with Crippen molar-refractivity contribution in [2.24, 2.45) is 0 Å². The number of carbonyl (C=O) groups is 1. The number of halogens is 4. The number of benzene rings is 1. The molecule has 0 unspecified atom stereocenters. The Morgan fingerprint density at radius 2 is 1.87 bits per heavy atom. The van der Waals surface area contributed by atoms with Crippen molar-refractivity contribution in [1.82, 2.24) is 0 Å². The van der Waals surface area contributed by atoms with Gasteiger partial charge < -0.3 is 10.2 Å². The third-order valence-corrected chi connectivity index (χ3v) is 2.51. The summed E-state index contributed by atoms with van der Waals surface area (Å²) in [5.41, 5.74) is -1.83. The third-order valence-electron chi connectivity index (χ3n) is 1.62.